The van der Waals surface area contributed by atoms with Crippen molar-refractivity contribution in [3.63, 3.8) is 0 Å². The topological polar surface area (TPSA) is 26.3 Å². The van der Waals surface area contributed by atoms with E-state index >= 15 is 0 Å². The molecule has 0 N–H and O–H groups in total. The van der Waals surface area contributed by atoms with E-state index in [9.17, 15) is 4.79 Å². The van der Waals surface area contributed by atoms with Crippen LogP contribution in [0.25, 0.3) is 0 Å². The third kappa shape index (κ3) is 3.61. The van der Waals surface area contributed by atoms with Gasteiger partial charge in [0.05, 0.1) is 6.61 Å². The second-order valence-corrected chi connectivity index (χ2v) is 3.92. The van der Waals surface area contributed by atoms with Crippen LogP contribution in [0.15, 0.2) is 0 Å². The Morgan fingerprint density at radius 3 is 2.27 bits per heavy atom. The van der Waals surface area contributed by atoms with E-state index in [0.29, 0.717) is 6.61 Å². The summed E-state index contributed by atoms with van der Waals surface area (Å²) in [4.78, 5) is 11.0. The predicted molar refractivity (Wildman–Crippen MR) is 45.7 cm³/mol. The highest BCUT2D eigenvalue weighted by molar-refractivity contribution is 6.30. The Kier molecular flexibility index (Phi) is 3.87. The molecule has 0 radical (unpaired) electrons. The molecule has 0 aliphatic carbocycles. The van der Waals surface area contributed by atoms with Gasteiger partial charge in [0.1, 0.15) is 5.38 Å². The Hall–Kier alpha value is -0.240. The molecule has 0 saturated carbocycles. The largest absolute Gasteiger partial charge is 0.465 e. The molecule has 0 spiro atoms. The number of carbonyl (C=O) groups is 1. The van der Waals surface area contributed by atoms with Gasteiger partial charge in [0.15, 0.2) is 0 Å². The molecule has 66 valence electrons. The molecule has 1 atom stereocenters. The van der Waals surface area contributed by atoms with E-state index in [4.69, 9.17) is 16.3 Å². The minimum absolute atomic E-state index is 0.228. The Balaban J connectivity index is 4.03. The van der Waals surface area contributed by atoms with Crippen LogP contribution in [0.1, 0.15) is 27.7 Å². The van der Waals surface area contributed by atoms with Gasteiger partial charge in [-0.2, -0.15) is 0 Å². The van der Waals surface area contributed by atoms with E-state index in [1.807, 2.05) is 20.8 Å². The van der Waals surface area contributed by atoms with Gasteiger partial charge in [-0.1, -0.05) is 20.8 Å². The van der Waals surface area contributed by atoms with Crippen LogP contribution in [0.2, 0.25) is 0 Å². The molecular formula is C8H15ClO2. The van der Waals surface area contributed by atoms with Gasteiger partial charge in [0.2, 0.25) is 0 Å². The van der Waals surface area contributed by atoms with E-state index in [0.717, 1.165) is 0 Å². The molecule has 0 rings (SSSR count). The minimum atomic E-state index is -0.553. The number of esters is 1. The summed E-state index contributed by atoms with van der Waals surface area (Å²) in [5.74, 6) is -0.332. The average Bonchev–Trinajstić information content (AvgIpc) is 1.85. The van der Waals surface area contributed by atoms with Gasteiger partial charge < -0.3 is 4.74 Å². The van der Waals surface area contributed by atoms with E-state index in [-0.39, 0.29) is 11.4 Å². The Morgan fingerprint density at radius 1 is 1.55 bits per heavy atom. The number of carbonyl (C=O) groups excluding carboxylic acids is 1. The molecule has 0 aliphatic heterocycles. The van der Waals surface area contributed by atoms with Crippen LogP contribution in [-0.2, 0) is 9.53 Å². The van der Waals surface area contributed by atoms with Gasteiger partial charge in [-0.25, -0.2) is 0 Å². The van der Waals surface area contributed by atoms with E-state index in [1.165, 1.54) is 0 Å². The third-order valence-corrected chi connectivity index (χ3v) is 2.09. The Bertz CT molecular complexity index is 138. The molecule has 0 amide bonds. The van der Waals surface area contributed by atoms with Crippen molar-refractivity contribution in [1.29, 1.82) is 0 Å². The van der Waals surface area contributed by atoms with Crippen molar-refractivity contribution in [2.45, 2.75) is 33.1 Å². The zero-order valence-corrected chi connectivity index (χ0v) is 8.23. The maximum absolute atomic E-state index is 11.0. The van der Waals surface area contributed by atoms with Crippen molar-refractivity contribution in [2.24, 2.45) is 5.41 Å². The van der Waals surface area contributed by atoms with Gasteiger partial charge in [-0.3, -0.25) is 4.79 Å². The van der Waals surface area contributed by atoms with Crippen LogP contribution in [0, 0.1) is 5.41 Å². The maximum Gasteiger partial charge on any atom is 0.324 e. The standard InChI is InChI=1S/C8H15ClO2/c1-5-11-7(10)6(9)8(2,3)4/h6H,5H2,1-4H3/t6-/m1/s1. The number of hydrogen-bond donors (Lipinski definition) is 0. The van der Waals surface area contributed by atoms with Gasteiger partial charge in [-0.05, 0) is 12.3 Å². The highest BCUT2D eigenvalue weighted by Gasteiger charge is 2.30. The van der Waals surface area contributed by atoms with Gasteiger partial charge in [-0.15, -0.1) is 11.6 Å². The zero-order valence-electron chi connectivity index (χ0n) is 7.48. The minimum Gasteiger partial charge on any atom is -0.465 e. The number of ether oxygens (including phenoxy) is 1. The first-order valence-electron chi connectivity index (χ1n) is 3.70. The summed E-state index contributed by atoms with van der Waals surface area (Å²) in [7, 11) is 0. The highest BCUT2D eigenvalue weighted by Crippen LogP contribution is 2.25. The monoisotopic (exact) mass is 178 g/mol. The second-order valence-electron chi connectivity index (χ2n) is 3.48. The van der Waals surface area contributed by atoms with Crippen molar-refractivity contribution in [1.82, 2.24) is 0 Å². The second kappa shape index (κ2) is 3.96. The van der Waals surface area contributed by atoms with Crippen LogP contribution in [-0.4, -0.2) is 18.0 Å². The van der Waals surface area contributed by atoms with Gasteiger partial charge in [0, 0.05) is 0 Å². The molecule has 0 saturated heterocycles. The predicted octanol–water partition coefficient (Wildman–Crippen LogP) is 2.20. The SMILES string of the molecule is CCOC(=O)[C@@H](Cl)C(C)(C)C. The molecule has 0 unspecified atom stereocenters. The van der Waals surface area contributed by atoms with Crippen LogP contribution in [0.5, 0.6) is 0 Å². The van der Waals surface area contributed by atoms with E-state index < -0.39 is 5.38 Å². The summed E-state index contributed by atoms with van der Waals surface area (Å²) >= 11 is 5.81. The van der Waals surface area contributed by atoms with Crippen molar-refractivity contribution < 1.29 is 9.53 Å². The van der Waals surface area contributed by atoms with Crippen molar-refractivity contribution >= 4 is 17.6 Å². The lowest BCUT2D eigenvalue weighted by atomic mass is 9.92. The number of alkyl halides is 1. The molecule has 0 fully saturated rings. The number of hydrogen-bond acceptors (Lipinski definition) is 2. The fourth-order valence-corrected chi connectivity index (χ4v) is 0.632. The molecule has 0 bridgehead atoms. The van der Waals surface area contributed by atoms with Crippen LogP contribution in [0.3, 0.4) is 0 Å². The van der Waals surface area contributed by atoms with Crippen LogP contribution < -0.4 is 0 Å². The van der Waals surface area contributed by atoms with Gasteiger partial charge >= 0.3 is 5.97 Å². The Morgan fingerprint density at radius 2 is 2.00 bits per heavy atom. The molecule has 0 aromatic rings. The molecule has 0 aliphatic rings. The van der Waals surface area contributed by atoms with Crippen molar-refractivity contribution in [2.75, 3.05) is 6.61 Å². The molecule has 3 heteroatoms. The lowest BCUT2D eigenvalue weighted by Crippen LogP contribution is -2.30. The number of halogens is 1. The Labute approximate surface area is 72.9 Å². The first-order chi connectivity index (χ1) is 4.89. The first-order valence-corrected chi connectivity index (χ1v) is 4.14. The van der Waals surface area contributed by atoms with Crippen LogP contribution >= 0.6 is 11.6 Å². The summed E-state index contributed by atoms with van der Waals surface area (Å²) in [5.41, 5.74) is -0.228. The third-order valence-electron chi connectivity index (χ3n) is 1.25. The molecule has 11 heavy (non-hydrogen) atoms. The lowest BCUT2D eigenvalue weighted by molar-refractivity contribution is -0.144. The van der Waals surface area contributed by atoms with Crippen molar-refractivity contribution in [3.8, 4) is 0 Å². The summed E-state index contributed by atoms with van der Waals surface area (Å²) < 4.78 is 4.76. The van der Waals surface area contributed by atoms with E-state index in [2.05, 4.69) is 0 Å². The quantitative estimate of drug-likeness (QED) is 0.479. The summed E-state index contributed by atoms with van der Waals surface area (Å²) in [5, 5.41) is -0.553. The lowest BCUT2D eigenvalue weighted by Gasteiger charge is -2.22. The summed E-state index contributed by atoms with van der Waals surface area (Å²) in [6.07, 6.45) is 0. The number of rotatable bonds is 2. The molecule has 0 aromatic carbocycles. The first kappa shape index (κ1) is 10.8. The van der Waals surface area contributed by atoms with Crippen molar-refractivity contribution in [3.05, 3.63) is 0 Å². The van der Waals surface area contributed by atoms with Crippen LogP contribution in [0.4, 0.5) is 0 Å². The normalized spacial score (nSPS) is 14.3. The summed E-state index contributed by atoms with van der Waals surface area (Å²) in [6, 6.07) is 0. The highest BCUT2D eigenvalue weighted by atomic mass is 35.5. The molecular weight excluding hydrogens is 164 g/mol. The molecule has 0 heterocycles. The fourth-order valence-electron chi connectivity index (χ4n) is 0.569. The van der Waals surface area contributed by atoms with Gasteiger partial charge in [0.25, 0.3) is 0 Å². The fraction of sp³-hybridized carbons (Fsp3) is 0.875. The summed E-state index contributed by atoms with van der Waals surface area (Å²) in [6.45, 7) is 7.87. The smallest absolute Gasteiger partial charge is 0.324 e. The average molecular weight is 179 g/mol. The molecule has 0 aromatic heterocycles. The maximum atomic E-state index is 11.0. The van der Waals surface area contributed by atoms with E-state index in [1.54, 1.807) is 6.92 Å². The zero-order chi connectivity index (χ0) is 9.07. The molecule has 2 nitrogen and oxygen atoms in total.